The van der Waals surface area contributed by atoms with E-state index in [1.807, 2.05) is 60.7 Å². The molecular formula is C22H14N4O3S. The van der Waals surface area contributed by atoms with Crippen molar-refractivity contribution >= 4 is 39.3 Å². The topological polar surface area (TPSA) is 92.8 Å². The van der Waals surface area contributed by atoms with Gasteiger partial charge in [-0.25, -0.2) is 4.99 Å². The molecule has 0 atom stereocenters. The number of para-hydroxylation sites is 1. The Morgan fingerprint density at radius 2 is 1.67 bits per heavy atom. The van der Waals surface area contributed by atoms with E-state index >= 15 is 0 Å². The molecule has 8 heteroatoms. The molecule has 30 heavy (non-hydrogen) atoms. The average molecular weight is 414 g/mol. The normalized spacial score (nSPS) is 11.9. The van der Waals surface area contributed by atoms with E-state index in [9.17, 15) is 14.9 Å². The van der Waals surface area contributed by atoms with Gasteiger partial charge in [-0.05, 0) is 23.8 Å². The van der Waals surface area contributed by atoms with Gasteiger partial charge >= 0.3 is 0 Å². The number of benzene rings is 3. The molecule has 0 saturated heterocycles. The molecule has 0 bridgehead atoms. The third-order valence-corrected chi connectivity index (χ3v) is 5.82. The minimum absolute atomic E-state index is 0.0850. The first-order chi connectivity index (χ1) is 14.6. The highest BCUT2D eigenvalue weighted by Gasteiger charge is 2.17. The van der Waals surface area contributed by atoms with Crippen LogP contribution in [0.5, 0.6) is 0 Å². The van der Waals surface area contributed by atoms with Gasteiger partial charge in [0.2, 0.25) is 0 Å². The van der Waals surface area contributed by atoms with Gasteiger partial charge in [0.25, 0.3) is 11.2 Å². The molecule has 2 aromatic heterocycles. The van der Waals surface area contributed by atoms with E-state index in [4.69, 9.17) is 4.99 Å². The fraction of sp³-hybridized carbons (Fsp3) is 0. The van der Waals surface area contributed by atoms with Gasteiger partial charge in [-0.3, -0.25) is 19.3 Å². The summed E-state index contributed by atoms with van der Waals surface area (Å²) in [4.78, 5) is 32.7. The minimum atomic E-state index is -0.481. The Morgan fingerprint density at radius 3 is 2.37 bits per heavy atom. The van der Waals surface area contributed by atoms with Gasteiger partial charge in [-0.15, -0.1) is 0 Å². The molecule has 3 aromatic carbocycles. The molecule has 5 rings (SSSR count). The number of hydrogen-bond donors (Lipinski definition) is 1. The lowest BCUT2D eigenvalue weighted by Gasteiger charge is -2.04. The van der Waals surface area contributed by atoms with Crippen molar-refractivity contribution in [3.63, 3.8) is 0 Å². The Labute approximate surface area is 173 Å². The highest BCUT2D eigenvalue weighted by molar-refractivity contribution is 7.13. The van der Waals surface area contributed by atoms with E-state index in [1.54, 1.807) is 10.5 Å². The van der Waals surface area contributed by atoms with Gasteiger partial charge in [-0.2, -0.15) is 0 Å². The lowest BCUT2D eigenvalue weighted by atomic mass is 10.2. The maximum absolute atomic E-state index is 13.1. The summed E-state index contributed by atoms with van der Waals surface area (Å²) < 4.78 is 1.78. The lowest BCUT2D eigenvalue weighted by Crippen LogP contribution is -2.16. The van der Waals surface area contributed by atoms with Crippen molar-refractivity contribution < 1.29 is 4.92 Å². The molecule has 0 radical (unpaired) electrons. The maximum atomic E-state index is 13.1. The third-order valence-electron chi connectivity index (χ3n) is 4.74. The van der Waals surface area contributed by atoms with E-state index in [1.165, 1.54) is 23.5 Å². The summed E-state index contributed by atoms with van der Waals surface area (Å²) in [5.74, 6) is 0. The van der Waals surface area contributed by atoms with Crippen molar-refractivity contribution in [2.24, 2.45) is 4.99 Å². The number of H-pyrrole nitrogens is 1. The second-order valence-electron chi connectivity index (χ2n) is 6.62. The van der Waals surface area contributed by atoms with Crippen LogP contribution in [0.3, 0.4) is 0 Å². The molecule has 146 valence electrons. The number of rotatable bonds is 3. The molecule has 7 nitrogen and oxygen atoms in total. The highest BCUT2D eigenvalue weighted by Crippen LogP contribution is 2.28. The van der Waals surface area contributed by atoms with Gasteiger partial charge in [0.15, 0.2) is 4.80 Å². The number of nitro benzene ring substituents is 1. The van der Waals surface area contributed by atoms with Crippen LogP contribution in [0.2, 0.25) is 0 Å². The van der Waals surface area contributed by atoms with Crippen molar-refractivity contribution in [2.45, 2.75) is 0 Å². The Bertz CT molecular complexity index is 1530. The molecule has 0 spiro atoms. The molecule has 0 unspecified atom stereocenters. The number of thiazole rings is 1. The van der Waals surface area contributed by atoms with E-state index in [2.05, 4.69) is 4.98 Å². The van der Waals surface area contributed by atoms with Crippen molar-refractivity contribution in [3.8, 4) is 10.4 Å². The van der Waals surface area contributed by atoms with Crippen LogP contribution < -0.4 is 10.4 Å². The number of aromatic nitrogens is 2. The quantitative estimate of drug-likeness (QED) is 0.344. The molecule has 0 aliphatic rings. The number of nitrogens with one attached hydrogen (secondary N) is 1. The van der Waals surface area contributed by atoms with Crippen LogP contribution in [0.25, 0.3) is 27.0 Å². The lowest BCUT2D eigenvalue weighted by molar-refractivity contribution is -0.384. The average Bonchev–Trinajstić information content (AvgIpc) is 3.15. The molecule has 0 amide bonds. The van der Waals surface area contributed by atoms with Crippen LogP contribution in [-0.4, -0.2) is 14.3 Å². The summed E-state index contributed by atoms with van der Waals surface area (Å²) in [6.45, 7) is 0. The molecule has 2 heterocycles. The zero-order chi connectivity index (χ0) is 20.7. The van der Waals surface area contributed by atoms with Crippen molar-refractivity contribution in [3.05, 3.63) is 104 Å². The number of nitrogens with zero attached hydrogens (tertiary/aromatic N) is 3. The van der Waals surface area contributed by atoms with E-state index in [0.29, 0.717) is 21.4 Å². The fourth-order valence-corrected chi connectivity index (χ4v) is 4.54. The van der Waals surface area contributed by atoms with Gasteiger partial charge in [0.1, 0.15) is 5.52 Å². The Morgan fingerprint density at radius 1 is 0.967 bits per heavy atom. The smallest absolute Gasteiger partial charge is 0.274 e. The third kappa shape index (κ3) is 2.99. The van der Waals surface area contributed by atoms with Crippen LogP contribution >= 0.6 is 11.3 Å². The molecular weight excluding hydrogens is 400 g/mol. The fourth-order valence-electron chi connectivity index (χ4n) is 3.40. The van der Waals surface area contributed by atoms with E-state index < -0.39 is 4.92 Å². The molecule has 0 fully saturated rings. The monoisotopic (exact) mass is 414 g/mol. The molecule has 1 N–H and O–H groups in total. The van der Waals surface area contributed by atoms with Crippen LogP contribution in [-0.2, 0) is 0 Å². The van der Waals surface area contributed by atoms with E-state index in [0.717, 1.165) is 16.1 Å². The first-order valence-corrected chi connectivity index (χ1v) is 9.95. The van der Waals surface area contributed by atoms with Crippen LogP contribution in [0, 0.1) is 10.1 Å². The predicted octanol–water partition coefficient (Wildman–Crippen LogP) is 4.65. The van der Waals surface area contributed by atoms with Gasteiger partial charge in [0, 0.05) is 12.1 Å². The van der Waals surface area contributed by atoms with Crippen LogP contribution in [0.4, 0.5) is 11.4 Å². The summed E-state index contributed by atoms with van der Waals surface area (Å²) in [7, 11) is 0. The van der Waals surface area contributed by atoms with Crippen molar-refractivity contribution in [2.75, 3.05) is 0 Å². The number of aromatic amines is 1. The predicted molar refractivity (Wildman–Crippen MR) is 117 cm³/mol. The molecule has 0 aliphatic carbocycles. The van der Waals surface area contributed by atoms with Crippen LogP contribution in [0.15, 0.2) is 88.6 Å². The summed E-state index contributed by atoms with van der Waals surface area (Å²) in [5, 5.41) is 11.2. The number of fused-ring (bicyclic) bond motifs is 3. The van der Waals surface area contributed by atoms with Gasteiger partial charge < -0.3 is 4.98 Å². The van der Waals surface area contributed by atoms with E-state index in [-0.39, 0.29) is 11.2 Å². The Kier molecular flexibility index (Phi) is 4.26. The summed E-state index contributed by atoms with van der Waals surface area (Å²) in [6.07, 6.45) is 0. The zero-order valence-corrected chi connectivity index (χ0v) is 16.3. The minimum Gasteiger partial charge on any atom is -0.319 e. The summed E-state index contributed by atoms with van der Waals surface area (Å²) >= 11 is 1.40. The zero-order valence-electron chi connectivity index (χ0n) is 15.5. The number of nitro groups is 1. The first-order valence-electron chi connectivity index (χ1n) is 9.13. The number of non-ortho nitro benzene ring substituents is 1. The second-order valence-corrected chi connectivity index (χ2v) is 7.60. The van der Waals surface area contributed by atoms with Crippen LogP contribution in [0.1, 0.15) is 0 Å². The SMILES string of the molecule is O=c1[nH]c2cc([N+](=O)[O-])ccc2n2c(=Nc3ccccc3)sc(-c3ccccc3)c12. The van der Waals surface area contributed by atoms with Gasteiger partial charge in [0.05, 0.1) is 26.5 Å². The second kappa shape index (κ2) is 7.09. The maximum Gasteiger partial charge on any atom is 0.274 e. The van der Waals surface area contributed by atoms with Gasteiger partial charge in [-0.1, -0.05) is 59.9 Å². The summed E-state index contributed by atoms with van der Waals surface area (Å²) in [6, 6.07) is 23.5. The first kappa shape index (κ1) is 18.0. The van der Waals surface area contributed by atoms with Crippen molar-refractivity contribution in [1.82, 2.24) is 9.38 Å². The van der Waals surface area contributed by atoms with Crippen molar-refractivity contribution in [1.29, 1.82) is 0 Å². The molecule has 5 aromatic rings. The summed E-state index contributed by atoms with van der Waals surface area (Å²) in [5.41, 5.74) is 2.73. The largest absolute Gasteiger partial charge is 0.319 e. The molecule has 0 saturated carbocycles. The Hall–Kier alpha value is -4.04. The molecule has 0 aliphatic heterocycles. The number of hydrogen-bond acceptors (Lipinski definition) is 5. The highest BCUT2D eigenvalue weighted by atomic mass is 32.1. The Balaban J connectivity index is 1.95. The standard InChI is InChI=1S/C22H14N4O3S/c27-21-19-20(14-7-3-1-4-8-14)30-22(23-15-9-5-2-6-10-15)25(19)18-12-11-16(26(28)29)13-17(18)24-21/h1-13H,(H,24,27).